The second-order valence-electron chi connectivity index (χ2n) is 8.76. The quantitative estimate of drug-likeness (QED) is 0.765. The molecule has 2 aromatic heterocycles. The van der Waals surface area contributed by atoms with Gasteiger partial charge in [-0.3, -0.25) is 9.58 Å². The number of hydrogen-bond donors (Lipinski definition) is 1. The number of nitrogens with two attached hydrogens (primary N) is 1. The van der Waals surface area contributed by atoms with Gasteiger partial charge >= 0.3 is 6.18 Å². The number of fused-ring (bicyclic) bond motifs is 1. The van der Waals surface area contributed by atoms with Gasteiger partial charge in [-0.05, 0) is 44.7 Å². The van der Waals surface area contributed by atoms with Crippen LogP contribution in [0.1, 0.15) is 44.0 Å². The van der Waals surface area contributed by atoms with Gasteiger partial charge < -0.3 is 10.5 Å². The summed E-state index contributed by atoms with van der Waals surface area (Å²) >= 11 is 0. The number of nitrogen functional groups attached to an aromatic ring is 1. The molecule has 0 aromatic carbocycles. The van der Waals surface area contributed by atoms with E-state index < -0.39 is 17.6 Å². The van der Waals surface area contributed by atoms with Crippen LogP contribution in [0.15, 0.2) is 18.3 Å². The van der Waals surface area contributed by atoms with E-state index in [1.54, 1.807) is 7.11 Å². The smallest absolute Gasteiger partial charge is 0.383 e. The molecule has 2 aliphatic rings. The molecule has 0 radical (unpaired) electrons. The highest BCUT2D eigenvalue weighted by molar-refractivity contribution is 5.63. The molecule has 2 N–H and O–H groups in total. The van der Waals surface area contributed by atoms with Crippen LogP contribution < -0.4 is 5.73 Å². The van der Waals surface area contributed by atoms with Crippen LogP contribution in [-0.2, 0) is 10.9 Å². The van der Waals surface area contributed by atoms with Gasteiger partial charge in [0.2, 0.25) is 0 Å². The van der Waals surface area contributed by atoms with Gasteiger partial charge in [0.1, 0.15) is 5.82 Å². The lowest BCUT2D eigenvalue weighted by molar-refractivity contribution is -0.137. The van der Waals surface area contributed by atoms with Crippen molar-refractivity contribution in [3.05, 3.63) is 29.6 Å². The topological polar surface area (TPSA) is 69.2 Å². The number of anilines is 1. The summed E-state index contributed by atoms with van der Waals surface area (Å²) in [6.07, 6.45) is -3.18. The van der Waals surface area contributed by atoms with Crippen LogP contribution in [0.25, 0.3) is 11.3 Å². The first-order valence-corrected chi connectivity index (χ1v) is 10.3. The molecule has 0 spiro atoms. The fraction of sp³-hybridized carbons (Fsp3) is 0.619. The molecule has 0 bridgehead atoms. The van der Waals surface area contributed by atoms with Gasteiger partial charge in [-0.2, -0.15) is 18.3 Å². The molecule has 164 valence electrons. The third-order valence-electron chi connectivity index (χ3n) is 6.37. The monoisotopic (exact) mass is 423 g/mol. The number of aromatic nitrogens is 3. The van der Waals surface area contributed by atoms with Crippen LogP contribution in [0.2, 0.25) is 0 Å². The molecule has 1 saturated carbocycles. The van der Waals surface area contributed by atoms with E-state index in [1.165, 1.54) is 6.20 Å². The minimum atomic E-state index is -4.55. The predicted octanol–water partition coefficient (Wildman–Crippen LogP) is 3.81. The fourth-order valence-corrected chi connectivity index (χ4v) is 4.76. The summed E-state index contributed by atoms with van der Waals surface area (Å²) in [6, 6.07) is 3.47. The third-order valence-corrected chi connectivity index (χ3v) is 6.37. The molecule has 30 heavy (non-hydrogen) atoms. The van der Waals surface area contributed by atoms with Crippen LogP contribution in [0.4, 0.5) is 19.0 Å². The van der Waals surface area contributed by atoms with E-state index in [9.17, 15) is 13.2 Å². The maximum absolute atomic E-state index is 13.2. The zero-order valence-electron chi connectivity index (χ0n) is 17.6. The molecule has 4 atom stereocenters. The van der Waals surface area contributed by atoms with Crippen molar-refractivity contribution in [2.75, 3.05) is 32.5 Å². The zero-order valence-corrected chi connectivity index (χ0v) is 17.6. The van der Waals surface area contributed by atoms with Crippen molar-refractivity contribution in [3.8, 4) is 11.3 Å². The lowest BCUT2D eigenvalue weighted by Crippen LogP contribution is -2.36. The third kappa shape index (κ3) is 3.69. The van der Waals surface area contributed by atoms with Crippen molar-refractivity contribution >= 4 is 5.82 Å². The van der Waals surface area contributed by atoms with E-state index in [2.05, 4.69) is 21.9 Å². The van der Waals surface area contributed by atoms with E-state index in [0.29, 0.717) is 41.7 Å². The number of alkyl halides is 3. The van der Waals surface area contributed by atoms with Crippen LogP contribution in [0.5, 0.6) is 0 Å². The van der Waals surface area contributed by atoms with E-state index in [4.69, 9.17) is 10.5 Å². The van der Waals surface area contributed by atoms with E-state index in [1.807, 2.05) is 24.6 Å². The van der Waals surface area contributed by atoms with Crippen molar-refractivity contribution < 1.29 is 17.9 Å². The van der Waals surface area contributed by atoms with Gasteiger partial charge in [0.15, 0.2) is 0 Å². The largest absolute Gasteiger partial charge is 0.419 e. The highest BCUT2D eigenvalue weighted by Gasteiger charge is 2.58. The summed E-state index contributed by atoms with van der Waals surface area (Å²) in [5.41, 5.74) is 6.46. The standard InChI is InChI=1S/C21H28F3N5O/c1-11(2)29-18(19-14-8-28(9-15(14)19)12(3)10-30-4)6-17(27-29)13-5-16(21(22,23)24)20(25)26-7-13/h5-7,11-12,14-15,19H,8-10H2,1-4H3,(H2,25,26)/t12?,14-,15+,19+. The molecule has 2 fully saturated rings. The number of piperidine rings is 1. The number of nitrogens with zero attached hydrogens (tertiary/aromatic N) is 4. The van der Waals surface area contributed by atoms with Gasteiger partial charge in [0.25, 0.3) is 0 Å². The Balaban J connectivity index is 1.60. The highest BCUT2D eigenvalue weighted by Crippen LogP contribution is 2.59. The number of likely N-dealkylation sites (tertiary alicyclic amines) is 1. The van der Waals surface area contributed by atoms with E-state index in [0.717, 1.165) is 24.8 Å². The van der Waals surface area contributed by atoms with Gasteiger partial charge in [0.05, 0.1) is 17.9 Å². The molecule has 3 heterocycles. The fourth-order valence-electron chi connectivity index (χ4n) is 4.76. The van der Waals surface area contributed by atoms with Gasteiger partial charge in [-0.15, -0.1) is 0 Å². The first kappa shape index (κ1) is 21.1. The Bertz CT molecular complexity index is 914. The van der Waals surface area contributed by atoms with Crippen molar-refractivity contribution in [2.45, 2.75) is 44.9 Å². The lowest BCUT2D eigenvalue weighted by atomic mass is 10.1. The number of hydrogen-bond acceptors (Lipinski definition) is 5. The Kier molecular flexibility index (Phi) is 5.30. The molecule has 1 saturated heterocycles. The maximum Gasteiger partial charge on any atom is 0.419 e. The Labute approximate surface area is 174 Å². The summed E-state index contributed by atoms with van der Waals surface area (Å²) in [6.45, 7) is 8.98. The van der Waals surface area contributed by atoms with Gasteiger partial charge in [-0.1, -0.05) is 0 Å². The van der Waals surface area contributed by atoms with Crippen molar-refractivity contribution in [1.82, 2.24) is 19.7 Å². The average Bonchev–Trinajstić information content (AvgIpc) is 3.03. The highest BCUT2D eigenvalue weighted by atomic mass is 19.4. The summed E-state index contributed by atoms with van der Waals surface area (Å²) in [5.74, 6) is 0.989. The molecule has 4 rings (SSSR count). The second-order valence-corrected chi connectivity index (χ2v) is 8.76. The molecule has 6 nitrogen and oxygen atoms in total. The molecule has 9 heteroatoms. The number of ether oxygens (including phenoxy) is 1. The Morgan fingerprint density at radius 3 is 2.43 bits per heavy atom. The molecule has 1 unspecified atom stereocenters. The van der Waals surface area contributed by atoms with Crippen LogP contribution >= 0.6 is 0 Å². The molecular weight excluding hydrogens is 395 g/mol. The SMILES string of the molecule is COCC(C)N1C[C@@H]2[C@H](C1)[C@H]2c1cc(-c2cnc(N)c(C(F)(F)F)c2)nn1C(C)C. The minimum absolute atomic E-state index is 0.113. The van der Waals surface area contributed by atoms with Crippen LogP contribution in [-0.4, -0.2) is 52.5 Å². The lowest BCUT2D eigenvalue weighted by Gasteiger charge is -2.26. The normalized spacial score (nSPS) is 25.0. The Morgan fingerprint density at radius 1 is 1.20 bits per heavy atom. The van der Waals surface area contributed by atoms with Gasteiger partial charge in [0, 0.05) is 55.7 Å². The Hall–Kier alpha value is -2.13. The minimum Gasteiger partial charge on any atom is -0.383 e. The van der Waals surface area contributed by atoms with E-state index >= 15 is 0 Å². The number of pyridine rings is 1. The number of methoxy groups -OCH3 is 1. The van der Waals surface area contributed by atoms with Crippen molar-refractivity contribution in [2.24, 2.45) is 11.8 Å². The van der Waals surface area contributed by atoms with Crippen molar-refractivity contribution in [1.29, 1.82) is 0 Å². The summed E-state index contributed by atoms with van der Waals surface area (Å²) in [7, 11) is 1.72. The van der Waals surface area contributed by atoms with Gasteiger partial charge in [-0.25, -0.2) is 4.98 Å². The first-order valence-electron chi connectivity index (χ1n) is 10.3. The molecule has 0 amide bonds. The first-order chi connectivity index (χ1) is 14.1. The predicted molar refractivity (Wildman–Crippen MR) is 108 cm³/mol. The molecule has 1 aliphatic heterocycles. The molecular formula is C21H28F3N5O. The molecule has 1 aliphatic carbocycles. The number of halogens is 3. The van der Waals surface area contributed by atoms with Crippen LogP contribution in [0, 0.1) is 11.8 Å². The summed E-state index contributed by atoms with van der Waals surface area (Å²) in [5, 5.41) is 4.64. The summed E-state index contributed by atoms with van der Waals surface area (Å²) in [4.78, 5) is 6.21. The van der Waals surface area contributed by atoms with Crippen molar-refractivity contribution in [3.63, 3.8) is 0 Å². The maximum atomic E-state index is 13.2. The zero-order chi connectivity index (χ0) is 21.8. The summed E-state index contributed by atoms with van der Waals surface area (Å²) < 4.78 is 47.0. The van der Waals surface area contributed by atoms with Crippen LogP contribution in [0.3, 0.4) is 0 Å². The second kappa shape index (κ2) is 7.53. The average molecular weight is 423 g/mol. The Morgan fingerprint density at radius 2 is 1.87 bits per heavy atom. The van der Waals surface area contributed by atoms with E-state index in [-0.39, 0.29) is 6.04 Å². The molecule has 2 aromatic rings. The number of rotatable bonds is 6.